The van der Waals surface area contributed by atoms with Gasteiger partial charge in [0.25, 0.3) is 0 Å². The molecule has 1 saturated heterocycles. The number of anilines is 1. The number of likely N-dealkylation sites (N-methyl/N-ethyl adjacent to an activating group) is 1. The van der Waals surface area contributed by atoms with E-state index in [4.69, 9.17) is 5.73 Å². The summed E-state index contributed by atoms with van der Waals surface area (Å²) in [4.78, 5) is 4.18. The van der Waals surface area contributed by atoms with E-state index in [1.165, 1.54) is 5.75 Å². The van der Waals surface area contributed by atoms with E-state index in [1.54, 1.807) is 6.20 Å². The Bertz CT molecular complexity index is 413. The van der Waals surface area contributed by atoms with Gasteiger partial charge in [0.05, 0.1) is 0 Å². The molecule has 3 nitrogen and oxygen atoms in total. The Morgan fingerprint density at radius 2 is 2.26 bits per heavy atom. The summed E-state index contributed by atoms with van der Waals surface area (Å²) in [6, 6.07) is 4.50. The molecule has 5 heteroatoms. The number of nitrogen functional groups attached to an aromatic ring is 1. The lowest BCUT2D eigenvalue weighted by Crippen LogP contribution is -2.43. The second-order valence-electron chi connectivity index (χ2n) is 5.07. The first-order valence-electron chi connectivity index (χ1n) is 6.75. The topological polar surface area (TPSA) is 50.9 Å². The zero-order valence-corrected chi connectivity index (χ0v) is 13.4. The summed E-state index contributed by atoms with van der Waals surface area (Å²) in [6.45, 7) is 4.66. The number of nitrogens with one attached hydrogen (secondary N) is 1. The highest BCUT2D eigenvalue weighted by Crippen LogP contribution is 2.37. The lowest BCUT2D eigenvalue weighted by Gasteiger charge is -2.36. The van der Waals surface area contributed by atoms with Crippen LogP contribution in [-0.2, 0) is 6.42 Å². The van der Waals surface area contributed by atoms with Gasteiger partial charge in [0, 0.05) is 33.7 Å². The average molecular weight is 297 g/mol. The largest absolute Gasteiger partial charge is 0.383 e. The standard InChI is InChI=1S/C14H23N3S2/c1-9-10(2)19-13(8-18-9)12(16-3)7-11-5-4-6-17-14(11)15/h4-6,9-10,12-13,16H,7-8H2,1-3H3,(H2,15,17). The van der Waals surface area contributed by atoms with Crippen molar-refractivity contribution in [3.63, 3.8) is 0 Å². The number of nitrogens with zero attached hydrogens (tertiary/aromatic N) is 1. The summed E-state index contributed by atoms with van der Waals surface area (Å²) < 4.78 is 0. The number of pyridine rings is 1. The van der Waals surface area contributed by atoms with Crippen molar-refractivity contribution in [1.82, 2.24) is 10.3 Å². The molecule has 2 heterocycles. The van der Waals surface area contributed by atoms with Gasteiger partial charge in [-0.3, -0.25) is 0 Å². The van der Waals surface area contributed by atoms with Crippen LogP contribution in [0, 0.1) is 0 Å². The van der Waals surface area contributed by atoms with Crippen LogP contribution < -0.4 is 11.1 Å². The molecular weight excluding hydrogens is 274 g/mol. The molecule has 4 unspecified atom stereocenters. The maximum Gasteiger partial charge on any atom is 0.126 e. The molecule has 1 fully saturated rings. The summed E-state index contributed by atoms with van der Waals surface area (Å²) in [7, 11) is 2.05. The van der Waals surface area contributed by atoms with Crippen LogP contribution in [0.5, 0.6) is 0 Å². The van der Waals surface area contributed by atoms with Crippen LogP contribution in [0.1, 0.15) is 19.4 Å². The summed E-state index contributed by atoms with van der Waals surface area (Å²) in [6.07, 6.45) is 2.71. The van der Waals surface area contributed by atoms with Gasteiger partial charge in [0.2, 0.25) is 0 Å². The van der Waals surface area contributed by atoms with Gasteiger partial charge in [-0.2, -0.15) is 23.5 Å². The normalized spacial score (nSPS) is 29.1. The fraction of sp³-hybridized carbons (Fsp3) is 0.643. The Balaban J connectivity index is 2.02. The molecule has 1 aliphatic heterocycles. The Morgan fingerprint density at radius 1 is 1.47 bits per heavy atom. The Morgan fingerprint density at radius 3 is 2.89 bits per heavy atom. The lowest BCUT2D eigenvalue weighted by molar-refractivity contribution is 0.554. The zero-order chi connectivity index (χ0) is 13.8. The highest BCUT2D eigenvalue weighted by Gasteiger charge is 2.30. The van der Waals surface area contributed by atoms with Gasteiger partial charge in [-0.05, 0) is 25.1 Å². The maximum absolute atomic E-state index is 5.95. The Labute approximate surface area is 124 Å². The smallest absolute Gasteiger partial charge is 0.126 e. The monoisotopic (exact) mass is 297 g/mol. The van der Waals surface area contributed by atoms with Crippen molar-refractivity contribution in [3.05, 3.63) is 23.9 Å². The molecule has 0 aromatic carbocycles. The summed E-state index contributed by atoms with van der Waals surface area (Å²) in [5, 5.41) is 5.57. The third-order valence-electron chi connectivity index (χ3n) is 3.76. The molecule has 3 N–H and O–H groups in total. The van der Waals surface area contributed by atoms with Crippen molar-refractivity contribution in [2.75, 3.05) is 18.5 Å². The Hall–Kier alpha value is -0.390. The summed E-state index contributed by atoms with van der Waals surface area (Å²) >= 11 is 4.19. The molecule has 0 amide bonds. The molecule has 0 spiro atoms. The SMILES string of the molecule is CNC(Cc1cccnc1N)C1CSC(C)C(C)S1. The van der Waals surface area contributed by atoms with Crippen LogP contribution in [0.4, 0.5) is 5.82 Å². The van der Waals surface area contributed by atoms with Crippen LogP contribution in [0.25, 0.3) is 0 Å². The quantitative estimate of drug-likeness (QED) is 0.894. The number of nitrogens with two attached hydrogens (primary N) is 1. The number of hydrogen-bond donors (Lipinski definition) is 2. The minimum absolute atomic E-state index is 0.457. The first-order chi connectivity index (χ1) is 9.11. The van der Waals surface area contributed by atoms with Crippen molar-refractivity contribution in [2.45, 2.75) is 42.1 Å². The molecule has 1 aromatic rings. The number of rotatable bonds is 4. The van der Waals surface area contributed by atoms with Crippen LogP contribution in [0.15, 0.2) is 18.3 Å². The van der Waals surface area contributed by atoms with E-state index in [0.717, 1.165) is 17.2 Å². The van der Waals surface area contributed by atoms with Crippen molar-refractivity contribution >= 4 is 29.3 Å². The minimum atomic E-state index is 0.457. The van der Waals surface area contributed by atoms with E-state index in [1.807, 2.05) is 13.1 Å². The summed E-state index contributed by atoms with van der Waals surface area (Å²) in [5.41, 5.74) is 7.10. The van der Waals surface area contributed by atoms with Gasteiger partial charge in [-0.1, -0.05) is 19.9 Å². The predicted molar refractivity (Wildman–Crippen MR) is 88.0 cm³/mol. The third-order valence-corrected chi connectivity index (χ3v) is 7.31. The number of hydrogen-bond acceptors (Lipinski definition) is 5. The second kappa shape index (κ2) is 6.86. The number of aromatic nitrogens is 1. The van der Waals surface area contributed by atoms with Crippen LogP contribution in [-0.4, -0.2) is 39.6 Å². The van der Waals surface area contributed by atoms with E-state index in [-0.39, 0.29) is 0 Å². The van der Waals surface area contributed by atoms with Crippen LogP contribution in [0.2, 0.25) is 0 Å². The molecule has 1 aliphatic rings. The number of thioether (sulfide) groups is 2. The van der Waals surface area contributed by atoms with Gasteiger partial charge in [0.15, 0.2) is 0 Å². The fourth-order valence-electron chi connectivity index (χ4n) is 2.30. The molecular formula is C14H23N3S2. The molecule has 0 bridgehead atoms. The van der Waals surface area contributed by atoms with Gasteiger partial charge in [-0.25, -0.2) is 4.98 Å². The molecule has 0 aliphatic carbocycles. The lowest BCUT2D eigenvalue weighted by atomic mass is 10.0. The zero-order valence-electron chi connectivity index (χ0n) is 11.8. The average Bonchev–Trinajstić information content (AvgIpc) is 2.41. The van der Waals surface area contributed by atoms with Gasteiger partial charge >= 0.3 is 0 Å². The molecule has 106 valence electrons. The predicted octanol–water partition coefficient (Wildman–Crippen LogP) is 2.42. The molecule has 2 rings (SSSR count). The molecule has 4 atom stereocenters. The van der Waals surface area contributed by atoms with Crippen molar-refractivity contribution in [1.29, 1.82) is 0 Å². The van der Waals surface area contributed by atoms with Crippen LogP contribution >= 0.6 is 23.5 Å². The van der Waals surface area contributed by atoms with E-state index in [0.29, 0.717) is 22.4 Å². The fourth-order valence-corrected chi connectivity index (χ4v) is 5.47. The van der Waals surface area contributed by atoms with E-state index in [2.05, 4.69) is 53.7 Å². The van der Waals surface area contributed by atoms with Gasteiger partial charge in [-0.15, -0.1) is 0 Å². The molecule has 0 radical (unpaired) electrons. The van der Waals surface area contributed by atoms with Gasteiger partial charge in [0.1, 0.15) is 5.82 Å². The first-order valence-corrected chi connectivity index (χ1v) is 8.74. The molecule has 1 aromatic heterocycles. The Kier molecular flexibility index (Phi) is 5.42. The van der Waals surface area contributed by atoms with E-state index in [9.17, 15) is 0 Å². The van der Waals surface area contributed by atoms with Crippen molar-refractivity contribution in [3.8, 4) is 0 Å². The summed E-state index contributed by atoms with van der Waals surface area (Å²) in [5.74, 6) is 1.87. The van der Waals surface area contributed by atoms with Gasteiger partial charge < -0.3 is 11.1 Å². The van der Waals surface area contributed by atoms with E-state index >= 15 is 0 Å². The highest BCUT2D eigenvalue weighted by molar-refractivity contribution is 8.07. The molecule has 0 saturated carbocycles. The minimum Gasteiger partial charge on any atom is -0.383 e. The highest BCUT2D eigenvalue weighted by atomic mass is 32.2. The van der Waals surface area contributed by atoms with E-state index < -0.39 is 0 Å². The van der Waals surface area contributed by atoms with Crippen LogP contribution in [0.3, 0.4) is 0 Å². The van der Waals surface area contributed by atoms with Crippen molar-refractivity contribution < 1.29 is 0 Å². The molecule has 19 heavy (non-hydrogen) atoms. The van der Waals surface area contributed by atoms with Crippen molar-refractivity contribution in [2.24, 2.45) is 0 Å². The third kappa shape index (κ3) is 3.80. The second-order valence-corrected chi connectivity index (χ2v) is 8.10. The first kappa shape index (κ1) is 15.0. The maximum atomic E-state index is 5.95.